The number of rotatable bonds is 6. The van der Waals surface area contributed by atoms with Gasteiger partial charge in [-0.3, -0.25) is 0 Å². The number of nitrogen functional groups attached to an aromatic ring is 1. The molecule has 0 radical (unpaired) electrons. The predicted octanol–water partition coefficient (Wildman–Crippen LogP) is 1.30. The molecule has 6 nitrogen and oxygen atoms in total. The monoisotopic (exact) mass is 279 g/mol. The second-order valence-electron chi connectivity index (χ2n) is 3.73. The summed E-state index contributed by atoms with van der Waals surface area (Å²) in [4.78, 5) is 9.08. The van der Waals surface area contributed by atoms with Gasteiger partial charge < -0.3 is 15.1 Å². The van der Waals surface area contributed by atoms with Crippen molar-refractivity contribution in [2.45, 2.75) is 19.7 Å². The minimum atomic E-state index is -4.31. The molecule has 0 saturated heterocycles. The quantitative estimate of drug-likeness (QED) is 0.604. The number of ether oxygens (including phenoxy) is 1. The highest BCUT2D eigenvalue weighted by Gasteiger charge is 2.31. The minimum absolute atomic E-state index is 0.0894. The van der Waals surface area contributed by atoms with Crippen molar-refractivity contribution in [3.63, 3.8) is 0 Å². The molecule has 3 N–H and O–H groups in total. The molecule has 1 aromatic rings. The van der Waals surface area contributed by atoms with E-state index in [2.05, 4.69) is 15.4 Å². The van der Waals surface area contributed by atoms with Crippen LogP contribution >= 0.6 is 0 Å². The summed E-state index contributed by atoms with van der Waals surface area (Å²) in [5, 5.41) is 0. The highest BCUT2D eigenvalue weighted by molar-refractivity contribution is 5.48. The van der Waals surface area contributed by atoms with E-state index in [9.17, 15) is 13.2 Å². The van der Waals surface area contributed by atoms with E-state index in [4.69, 9.17) is 10.6 Å². The van der Waals surface area contributed by atoms with Gasteiger partial charge in [-0.25, -0.2) is 15.8 Å². The topological polar surface area (TPSA) is 76.3 Å². The number of alkyl halides is 3. The van der Waals surface area contributed by atoms with Gasteiger partial charge in [-0.05, 0) is 6.92 Å². The number of nitrogens with zero attached hydrogens (tertiary/aromatic N) is 3. The Kier molecular flexibility index (Phi) is 5.31. The largest absolute Gasteiger partial charge is 0.405 e. The van der Waals surface area contributed by atoms with E-state index in [1.54, 1.807) is 6.92 Å². The number of hydrogen-bond acceptors (Lipinski definition) is 6. The second kappa shape index (κ2) is 6.53. The van der Waals surface area contributed by atoms with Gasteiger partial charge in [0.25, 0.3) is 0 Å². The van der Waals surface area contributed by atoms with Crippen molar-refractivity contribution >= 4 is 11.6 Å². The van der Waals surface area contributed by atoms with Crippen molar-refractivity contribution in [3.05, 3.63) is 11.9 Å². The minimum Gasteiger partial charge on any atom is -0.377 e. The molecule has 0 spiro atoms. The van der Waals surface area contributed by atoms with E-state index >= 15 is 0 Å². The standard InChI is InChI=1S/C10H16F3N5O/c1-3-18(6-10(11,12)13)9-4-7(17-14)15-8(16-9)5-19-2/h4H,3,5-6,14H2,1-2H3,(H,15,16,17). The molecule has 0 fully saturated rings. The first-order valence-corrected chi connectivity index (χ1v) is 5.54. The summed E-state index contributed by atoms with van der Waals surface area (Å²) in [5.74, 6) is 5.87. The van der Waals surface area contributed by atoms with Crippen LogP contribution in [0.1, 0.15) is 12.7 Å². The average molecular weight is 279 g/mol. The van der Waals surface area contributed by atoms with E-state index in [1.165, 1.54) is 13.2 Å². The highest BCUT2D eigenvalue weighted by Crippen LogP contribution is 2.22. The summed E-state index contributed by atoms with van der Waals surface area (Å²) in [5.41, 5.74) is 2.29. The Morgan fingerprint density at radius 2 is 2.11 bits per heavy atom. The van der Waals surface area contributed by atoms with Gasteiger partial charge in [0.05, 0.1) is 0 Å². The fraction of sp³-hybridized carbons (Fsp3) is 0.600. The van der Waals surface area contributed by atoms with E-state index in [1.807, 2.05) is 0 Å². The molecule has 0 aliphatic rings. The van der Waals surface area contributed by atoms with Crippen LogP contribution in [-0.4, -0.2) is 36.3 Å². The van der Waals surface area contributed by atoms with Crippen LogP contribution in [-0.2, 0) is 11.3 Å². The van der Waals surface area contributed by atoms with Crippen molar-refractivity contribution in [2.75, 3.05) is 30.5 Å². The van der Waals surface area contributed by atoms with Crippen LogP contribution in [0.5, 0.6) is 0 Å². The number of hydrogen-bond donors (Lipinski definition) is 2. The lowest BCUT2D eigenvalue weighted by Gasteiger charge is -2.24. The third-order valence-electron chi connectivity index (χ3n) is 2.26. The second-order valence-corrected chi connectivity index (χ2v) is 3.73. The van der Waals surface area contributed by atoms with Gasteiger partial charge in [0.2, 0.25) is 0 Å². The predicted molar refractivity (Wildman–Crippen MR) is 64.5 cm³/mol. The maximum atomic E-state index is 12.5. The van der Waals surface area contributed by atoms with Crippen molar-refractivity contribution in [2.24, 2.45) is 5.84 Å². The lowest BCUT2D eigenvalue weighted by molar-refractivity contribution is -0.119. The summed E-state index contributed by atoms with van der Waals surface area (Å²) < 4.78 is 42.2. The van der Waals surface area contributed by atoms with Gasteiger partial charge in [0.15, 0.2) is 5.82 Å². The first kappa shape index (κ1) is 15.4. The van der Waals surface area contributed by atoms with Crippen LogP contribution in [0.3, 0.4) is 0 Å². The van der Waals surface area contributed by atoms with Gasteiger partial charge in [-0.2, -0.15) is 13.2 Å². The molecule has 0 atom stereocenters. The number of nitrogens with two attached hydrogens (primary N) is 1. The zero-order chi connectivity index (χ0) is 14.5. The highest BCUT2D eigenvalue weighted by atomic mass is 19.4. The Balaban J connectivity index is 3.04. The van der Waals surface area contributed by atoms with Crippen LogP contribution in [0.4, 0.5) is 24.8 Å². The lowest BCUT2D eigenvalue weighted by Crippen LogP contribution is -2.35. The molecule has 0 amide bonds. The van der Waals surface area contributed by atoms with Crippen LogP contribution in [0.25, 0.3) is 0 Å². The summed E-state index contributed by atoms with van der Waals surface area (Å²) in [6, 6.07) is 1.36. The van der Waals surface area contributed by atoms with E-state index in [0.29, 0.717) is 0 Å². The Hall–Kier alpha value is -1.61. The third-order valence-corrected chi connectivity index (χ3v) is 2.26. The van der Waals surface area contributed by atoms with Gasteiger partial charge in [-0.1, -0.05) is 0 Å². The molecule has 0 aliphatic carbocycles. The van der Waals surface area contributed by atoms with Crippen LogP contribution in [0.2, 0.25) is 0 Å². The Morgan fingerprint density at radius 3 is 2.58 bits per heavy atom. The molecule has 0 saturated carbocycles. The van der Waals surface area contributed by atoms with Crippen LogP contribution in [0, 0.1) is 0 Å². The molecular formula is C10H16F3N5O. The summed E-state index contributed by atoms with van der Waals surface area (Å²) in [6.45, 7) is 0.773. The zero-order valence-corrected chi connectivity index (χ0v) is 10.7. The smallest absolute Gasteiger partial charge is 0.377 e. The van der Waals surface area contributed by atoms with E-state index in [-0.39, 0.29) is 30.6 Å². The van der Waals surface area contributed by atoms with Crippen molar-refractivity contribution in [1.82, 2.24) is 9.97 Å². The number of methoxy groups -OCH3 is 1. The fourth-order valence-electron chi connectivity index (χ4n) is 1.48. The summed E-state index contributed by atoms with van der Waals surface area (Å²) in [7, 11) is 1.44. The van der Waals surface area contributed by atoms with Crippen molar-refractivity contribution in [3.8, 4) is 0 Å². The Morgan fingerprint density at radius 1 is 1.42 bits per heavy atom. The molecule has 1 heterocycles. The first-order valence-electron chi connectivity index (χ1n) is 5.54. The number of aromatic nitrogens is 2. The zero-order valence-electron chi connectivity index (χ0n) is 10.7. The molecule has 0 aromatic carbocycles. The third kappa shape index (κ3) is 4.87. The van der Waals surface area contributed by atoms with E-state index < -0.39 is 12.7 Å². The Bertz CT molecular complexity index is 413. The van der Waals surface area contributed by atoms with Crippen LogP contribution < -0.4 is 16.2 Å². The molecule has 0 unspecified atom stereocenters. The number of nitrogens with one attached hydrogen (secondary N) is 1. The molecule has 9 heteroatoms. The van der Waals surface area contributed by atoms with Crippen molar-refractivity contribution in [1.29, 1.82) is 0 Å². The molecular weight excluding hydrogens is 263 g/mol. The fourth-order valence-corrected chi connectivity index (χ4v) is 1.48. The summed E-state index contributed by atoms with van der Waals surface area (Å²) in [6.07, 6.45) is -4.31. The average Bonchev–Trinajstić information content (AvgIpc) is 2.34. The molecule has 19 heavy (non-hydrogen) atoms. The normalized spacial score (nSPS) is 11.5. The molecule has 1 aromatic heterocycles. The van der Waals surface area contributed by atoms with Gasteiger partial charge >= 0.3 is 6.18 Å². The maximum absolute atomic E-state index is 12.5. The lowest BCUT2D eigenvalue weighted by atomic mass is 10.4. The molecule has 0 bridgehead atoms. The van der Waals surface area contributed by atoms with E-state index in [0.717, 1.165) is 4.90 Å². The number of hydrazine groups is 1. The summed E-state index contributed by atoms with van der Waals surface area (Å²) >= 11 is 0. The van der Waals surface area contributed by atoms with Gasteiger partial charge in [-0.15, -0.1) is 0 Å². The van der Waals surface area contributed by atoms with Crippen LogP contribution in [0.15, 0.2) is 6.07 Å². The Labute approximate surface area is 108 Å². The SMILES string of the molecule is CCN(CC(F)(F)F)c1cc(NN)nc(COC)n1. The number of anilines is 2. The first-order chi connectivity index (χ1) is 8.89. The molecule has 108 valence electrons. The number of halogens is 3. The molecule has 1 rings (SSSR count). The molecule has 0 aliphatic heterocycles. The van der Waals surface area contributed by atoms with Crippen molar-refractivity contribution < 1.29 is 17.9 Å². The maximum Gasteiger partial charge on any atom is 0.405 e. The van der Waals surface area contributed by atoms with Gasteiger partial charge in [0.1, 0.15) is 24.8 Å². The van der Waals surface area contributed by atoms with Gasteiger partial charge in [0, 0.05) is 19.7 Å².